The Kier molecular flexibility index (Phi) is 4.26. The van der Waals surface area contributed by atoms with Crippen molar-refractivity contribution in [3.05, 3.63) is 18.3 Å². The average molecular weight is 244 g/mol. The molecule has 1 rings (SSSR count). The van der Waals surface area contributed by atoms with Crippen LogP contribution in [0.2, 0.25) is 0 Å². The quantitative estimate of drug-likeness (QED) is 0.842. The molecule has 0 saturated carbocycles. The van der Waals surface area contributed by atoms with E-state index in [1.165, 1.54) is 18.3 Å². The van der Waals surface area contributed by atoms with Crippen LogP contribution in [0, 0.1) is 5.92 Å². The van der Waals surface area contributed by atoms with Gasteiger partial charge in [-0.25, -0.2) is 18.5 Å². The van der Waals surface area contributed by atoms with Gasteiger partial charge in [0.25, 0.3) is 0 Å². The Labute approximate surface area is 95.7 Å². The minimum atomic E-state index is -3.77. The highest BCUT2D eigenvalue weighted by Gasteiger charge is 2.15. The first kappa shape index (κ1) is 12.9. The molecule has 0 amide bonds. The van der Waals surface area contributed by atoms with Crippen molar-refractivity contribution in [3.8, 4) is 5.88 Å². The summed E-state index contributed by atoms with van der Waals surface area (Å²) in [4.78, 5) is 3.79. The van der Waals surface area contributed by atoms with Gasteiger partial charge < -0.3 is 4.74 Å². The van der Waals surface area contributed by atoms with E-state index in [4.69, 9.17) is 9.88 Å². The fraction of sp³-hybridized carbons (Fsp3) is 0.500. The number of hydrogen-bond donors (Lipinski definition) is 1. The van der Waals surface area contributed by atoms with Gasteiger partial charge in [0.15, 0.2) is 0 Å². The van der Waals surface area contributed by atoms with E-state index in [0.29, 0.717) is 12.5 Å². The smallest absolute Gasteiger partial charge is 0.243 e. The number of aromatic nitrogens is 1. The predicted molar refractivity (Wildman–Crippen MR) is 60.6 cm³/mol. The second-order valence-electron chi connectivity index (χ2n) is 3.88. The molecule has 1 heterocycles. The number of nitrogens with two attached hydrogens (primary N) is 1. The highest BCUT2D eigenvalue weighted by molar-refractivity contribution is 7.89. The maximum absolute atomic E-state index is 11.2. The number of primary sulfonamides is 1. The fourth-order valence-corrected chi connectivity index (χ4v) is 1.72. The van der Waals surface area contributed by atoms with E-state index in [0.717, 1.165) is 6.42 Å². The Morgan fingerprint density at radius 1 is 1.50 bits per heavy atom. The standard InChI is InChI=1S/C10H16N2O3S/c1-8(2)5-7-15-10-9(16(11,13)14)4-3-6-12-10/h3-4,6,8H,5,7H2,1-2H3,(H2,11,13,14). The van der Waals surface area contributed by atoms with Gasteiger partial charge in [0.1, 0.15) is 4.90 Å². The van der Waals surface area contributed by atoms with Crippen LogP contribution in [-0.4, -0.2) is 20.0 Å². The fourth-order valence-electron chi connectivity index (χ4n) is 1.09. The van der Waals surface area contributed by atoms with E-state index in [2.05, 4.69) is 18.8 Å². The number of rotatable bonds is 5. The Hall–Kier alpha value is -1.14. The Bertz CT molecular complexity index is 443. The van der Waals surface area contributed by atoms with Crippen molar-refractivity contribution in [1.29, 1.82) is 0 Å². The molecule has 2 N–H and O–H groups in total. The molecular weight excluding hydrogens is 228 g/mol. The van der Waals surface area contributed by atoms with Gasteiger partial charge in [0.05, 0.1) is 6.61 Å². The molecule has 0 atom stereocenters. The molecule has 6 heteroatoms. The first-order valence-corrected chi connectivity index (χ1v) is 6.56. The summed E-state index contributed by atoms with van der Waals surface area (Å²) < 4.78 is 27.7. The SMILES string of the molecule is CC(C)CCOc1ncccc1S(N)(=O)=O. The van der Waals surface area contributed by atoms with Crippen LogP contribution >= 0.6 is 0 Å². The molecule has 0 aromatic carbocycles. The molecule has 0 spiro atoms. The van der Waals surface area contributed by atoms with Crippen molar-refractivity contribution in [2.45, 2.75) is 25.2 Å². The zero-order valence-corrected chi connectivity index (χ0v) is 10.2. The van der Waals surface area contributed by atoms with E-state index in [1.807, 2.05) is 0 Å². The lowest BCUT2D eigenvalue weighted by molar-refractivity contribution is 0.272. The summed E-state index contributed by atoms with van der Waals surface area (Å²) in [6, 6.07) is 2.89. The van der Waals surface area contributed by atoms with Gasteiger partial charge in [-0.2, -0.15) is 0 Å². The Balaban J connectivity index is 2.80. The number of hydrogen-bond acceptors (Lipinski definition) is 4. The maximum atomic E-state index is 11.2. The van der Waals surface area contributed by atoms with E-state index < -0.39 is 10.0 Å². The molecule has 0 saturated heterocycles. The summed E-state index contributed by atoms with van der Waals surface area (Å²) in [5.74, 6) is 0.562. The highest BCUT2D eigenvalue weighted by atomic mass is 32.2. The molecule has 0 aliphatic carbocycles. The normalized spacial score (nSPS) is 11.8. The van der Waals surface area contributed by atoms with Gasteiger partial charge in [0, 0.05) is 6.20 Å². The minimum Gasteiger partial charge on any atom is -0.477 e. The summed E-state index contributed by atoms with van der Waals surface area (Å²) in [5, 5.41) is 5.04. The zero-order chi connectivity index (χ0) is 12.2. The van der Waals surface area contributed by atoms with Crippen molar-refractivity contribution in [2.24, 2.45) is 11.1 Å². The summed E-state index contributed by atoms with van der Waals surface area (Å²) in [6.07, 6.45) is 2.31. The van der Waals surface area contributed by atoms with Gasteiger partial charge in [-0.05, 0) is 24.5 Å². The second kappa shape index (κ2) is 5.27. The summed E-state index contributed by atoms with van der Waals surface area (Å²) in [5.41, 5.74) is 0. The predicted octanol–water partition coefficient (Wildman–Crippen LogP) is 1.15. The number of ether oxygens (including phenoxy) is 1. The molecule has 1 aromatic rings. The van der Waals surface area contributed by atoms with Crippen molar-refractivity contribution in [2.75, 3.05) is 6.61 Å². The van der Waals surface area contributed by atoms with E-state index >= 15 is 0 Å². The molecule has 0 aliphatic heterocycles. The maximum Gasteiger partial charge on any atom is 0.243 e. The summed E-state index contributed by atoms with van der Waals surface area (Å²) >= 11 is 0. The lowest BCUT2D eigenvalue weighted by Gasteiger charge is -2.09. The van der Waals surface area contributed by atoms with E-state index in [-0.39, 0.29) is 10.8 Å². The lowest BCUT2D eigenvalue weighted by atomic mass is 10.1. The van der Waals surface area contributed by atoms with Gasteiger partial charge in [-0.1, -0.05) is 13.8 Å². The molecule has 0 aliphatic rings. The largest absolute Gasteiger partial charge is 0.477 e. The third kappa shape index (κ3) is 3.79. The topological polar surface area (TPSA) is 82.3 Å². The minimum absolute atomic E-state index is 0.0706. The first-order valence-electron chi connectivity index (χ1n) is 5.02. The van der Waals surface area contributed by atoms with Crippen LogP contribution in [0.3, 0.4) is 0 Å². The van der Waals surface area contributed by atoms with Crippen LogP contribution in [0.4, 0.5) is 0 Å². The summed E-state index contributed by atoms with van der Waals surface area (Å²) in [6.45, 7) is 4.54. The molecular formula is C10H16N2O3S. The third-order valence-corrected chi connectivity index (χ3v) is 2.90. The van der Waals surface area contributed by atoms with Crippen molar-refractivity contribution < 1.29 is 13.2 Å². The van der Waals surface area contributed by atoms with Crippen molar-refractivity contribution in [1.82, 2.24) is 4.98 Å². The van der Waals surface area contributed by atoms with Crippen LogP contribution in [0.5, 0.6) is 5.88 Å². The van der Waals surface area contributed by atoms with Crippen LogP contribution in [-0.2, 0) is 10.0 Å². The highest BCUT2D eigenvalue weighted by Crippen LogP contribution is 2.19. The van der Waals surface area contributed by atoms with E-state index in [9.17, 15) is 8.42 Å². The zero-order valence-electron chi connectivity index (χ0n) is 9.38. The number of sulfonamides is 1. The molecule has 0 radical (unpaired) electrons. The van der Waals surface area contributed by atoms with Gasteiger partial charge in [0.2, 0.25) is 15.9 Å². The molecule has 0 bridgehead atoms. The molecule has 0 fully saturated rings. The number of pyridine rings is 1. The van der Waals surface area contributed by atoms with Gasteiger partial charge >= 0.3 is 0 Å². The molecule has 5 nitrogen and oxygen atoms in total. The summed E-state index contributed by atoms with van der Waals surface area (Å²) in [7, 11) is -3.77. The van der Waals surface area contributed by atoms with E-state index in [1.54, 1.807) is 0 Å². The van der Waals surface area contributed by atoms with Crippen LogP contribution < -0.4 is 9.88 Å². The molecule has 1 aromatic heterocycles. The monoisotopic (exact) mass is 244 g/mol. The van der Waals surface area contributed by atoms with Crippen molar-refractivity contribution >= 4 is 10.0 Å². The van der Waals surface area contributed by atoms with Crippen LogP contribution in [0.1, 0.15) is 20.3 Å². The Morgan fingerprint density at radius 2 is 2.19 bits per heavy atom. The third-order valence-electron chi connectivity index (χ3n) is 1.98. The van der Waals surface area contributed by atoms with Crippen LogP contribution in [0.25, 0.3) is 0 Å². The molecule has 0 unspecified atom stereocenters. The number of nitrogens with zero attached hydrogens (tertiary/aromatic N) is 1. The lowest BCUT2D eigenvalue weighted by Crippen LogP contribution is -2.15. The van der Waals surface area contributed by atoms with Crippen molar-refractivity contribution in [3.63, 3.8) is 0 Å². The Morgan fingerprint density at radius 3 is 2.75 bits per heavy atom. The average Bonchev–Trinajstić information content (AvgIpc) is 2.16. The molecule has 90 valence electrons. The van der Waals surface area contributed by atoms with Crippen LogP contribution in [0.15, 0.2) is 23.2 Å². The second-order valence-corrected chi connectivity index (χ2v) is 5.41. The molecule has 16 heavy (non-hydrogen) atoms. The first-order chi connectivity index (χ1) is 7.41. The van der Waals surface area contributed by atoms with Gasteiger partial charge in [-0.3, -0.25) is 0 Å². The van der Waals surface area contributed by atoms with Gasteiger partial charge in [-0.15, -0.1) is 0 Å².